The molecule has 2 aromatic heterocycles. The molecule has 1 fully saturated rings. The molecule has 3 heterocycles. The van der Waals surface area contributed by atoms with Crippen molar-refractivity contribution >= 4 is 34.2 Å². The number of hydrogen-bond acceptors (Lipinski definition) is 6. The lowest BCUT2D eigenvalue weighted by molar-refractivity contribution is 0.0300. The summed E-state index contributed by atoms with van der Waals surface area (Å²) < 4.78 is 5.36. The third-order valence-electron chi connectivity index (χ3n) is 5.22. The normalized spacial score (nSPS) is 15.0. The van der Waals surface area contributed by atoms with E-state index in [4.69, 9.17) is 16.3 Å². The number of pyridine rings is 1. The molecule has 1 aromatic carbocycles. The van der Waals surface area contributed by atoms with Crippen LogP contribution >= 0.6 is 11.6 Å². The van der Waals surface area contributed by atoms with E-state index in [0.29, 0.717) is 48.1 Å². The molecule has 1 aliphatic heterocycles. The van der Waals surface area contributed by atoms with Crippen molar-refractivity contribution in [1.82, 2.24) is 25.2 Å². The molecule has 4 rings (SSSR count). The van der Waals surface area contributed by atoms with E-state index >= 15 is 0 Å². The van der Waals surface area contributed by atoms with E-state index in [9.17, 15) is 9.59 Å². The van der Waals surface area contributed by atoms with Crippen molar-refractivity contribution in [2.45, 2.75) is 19.9 Å². The fourth-order valence-corrected chi connectivity index (χ4v) is 3.82. The van der Waals surface area contributed by atoms with Gasteiger partial charge in [-0.1, -0.05) is 23.7 Å². The van der Waals surface area contributed by atoms with Gasteiger partial charge in [0.1, 0.15) is 11.4 Å². The molecule has 2 amide bonds. The average Bonchev–Trinajstić information content (AvgIpc) is 2.78. The highest BCUT2D eigenvalue weighted by atomic mass is 35.5. The molecule has 9 heteroatoms. The van der Waals surface area contributed by atoms with E-state index in [1.165, 1.54) is 12.4 Å². The Kier molecular flexibility index (Phi) is 6.11. The van der Waals surface area contributed by atoms with Crippen LogP contribution in [0.5, 0.6) is 0 Å². The molecule has 1 aliphatic rings. The van der Waals surface area contributed by atoms with Crippen LogP contribution in [-0.4, -0.2) is 58.0 Å². The lowest BCUT2D eigenvalue weighted by Gasteiger charge is -2.27. The van der Waals surface area contributed by atoms with Crippen molar-refractivity contribution in [3.05, 3.63) is 64.5 Å². The fraction of sp³-hybridized carbons (Fsp3) is 0.318. The minimum atomic E-state index is -0.464. The van der Waals surface area contributed by atoms with Gasteiger partial charge in [-0.05, 0) is 31.4 Å². The van der Waals surface area contributed by atoms with Gasteiger partial charge < -0.3 is 15.0 Å². The van der Waals surface area contributed by atoms with Crippen molar-refractivity contribution < 1.29 is 14.3 Å². The Bertz CT molecular complexity index is 1150. The third-order valence-corrected chi connectivity index (χ3v) is 5.53. The van der Waals surface area contributed by atoms with Crippen LogP contribution < -0.4 is 5.32 Å². The Morgan fingerprint density at radius 3 is 2.65 bits per heavy atom. The van der Waals surface area contributed by atoms with E-state index in [-0.39, 0.29) is 23.2 Å². The number of morpholine rings is 1. The number of hydrogen-bond donors (Lipinski definition) is 1. The maximum absolute atomic E-state index is 13.3. The highest BCUT2D eigenvalue weighted by Gasteiger charge is 2.25. The lowest BCUT2D eigenvalue weighted by Crippen LogP contribution is -2.41. The van der Waals surface area contributed by atoms with Crippen LogP contribution in [0.1, 0.15) is 45.3 Å². The summed E-state index contributed by atoms with van der Waals surface area (Å²) >= 11 is 6.44. The van der Waals surface area contributed by atoms with Crippen LogP contribution in [0.2, 0.25) is 5.02 Å². The molecule has 31 heavy (non-hydrogen) atoms. The van der Waals surface area contributed by atoms with Crippen molar-refractivity contribution in [3.8, 4) is 0 Å². The van der Waals surface area contributed by atoms with Gasteiger partial charge in [-0.3, -0.25) is 14.6 Å². The Balaban J connectivity index is 1.70. The predicted octanol–water partition coefficient (Wildman–Crippen LogP) is 2.95. The Hall–Kier alpha value is -3.10. The number of aromatic nitrogens is 3. The Morgan fingerprint density at radius 1 is 1.16 bits per heavy atom. The fourth-order valence-electron chi connectivity index (χ4n) is 3.55. The van der Waals surface area contributed by atoms with Gasteiger partial charge in [-0.15, -0.1) is 0 Å². The molecule has 0 aliphatic carbocycles. The Morgan fingerprint density at radius 2 is 1.90 bits per heavy atom. The molecule has 1 atom stereocenters. The van der Waals surface area contributed by atoms with Crippen LogP contribution in [-0.2, 0) is 4.74 Å². The molecule has 0 radical (unpaired) electrons. The van der Waals surface area contributed by atoms with Crippen molar-refractivity contribution in [2.75, 3.05) is 26.3 Å². The molecule has 0 saturated carbocycles. The smallest absolute Gasteiger partial charge is 0.273 e. The van der Waals surface area contributed by atoms with Crippen LogP contribution in [0.3, 0.4) is 0 Å². The van der Waals surface area contributed by atoms with Crippen LogP contribution in [0.15, 0.2) is 36.7 Å². The second-order valence-electron chi connectivity index (χ2n) is 7.32. The van der Waals surface area contributed by atoms with Gasteiger partial charge in [0.25, 0.3) is 11.8 Å². The zero-order chi connectivity index (χ0) is 22.0. The minimum Gasteiger partial charge on any atom is -0.378 e. The summed E-state index contributed by atoms with van der Waals surface area (Å²) in [6, 6.07) is 6.82. The molecule has 0 unspecified atom stereocenters. The first-order valence-electron chi connectivity index (χ1n) is 10.0. The summed E-state index contributed by atoms with van der Waals surface area (Å²) in [6.45, 7) is 5.50. The number of aryl methyl sites for hydroxylation is 1. The Labute approximate surface area is 184 Å². The summed E-state index contributed by atoms with van der Waals surface area (Å²) in [5, 5.41) is 4.74. The van der Waals surface area contributed by atoms with Crippen LogP contribution in [0.4, 0.5) is 0 Å². The highest BCUT2D eigenvalue weighted by Crippen LogP contribution is 2.29. The summed E-state index contributed by atoms with van der Waals surface area (Å²) in [6.07, 6.45) is 3.01. The monoisotopic (exact) mass is 439 g/mol. The first-order valence-corrected chi connectivity index (χ1v) is 10.4. The SMILES string of the molecule is Cc1nccnc1C(=O)N[C@@H](C)c1cc2cccc(Cl)c2c(C(=O)N2CCOCC2)n1. The summed E-state index contributed by atoms with van der Waals surface area (Å²) in [4.78, 5) is 40.5. The largest absolute Gasteiger partial charge is 0.378 e. The molecule has 1 saturated heterocycles. The maximum atomic E-state index is 13.3. The highest BCUT2D eigenvalue weighted by molar-refractivity contribution is 6.36. The number of amides is 2. The van der Waals surface area contributed by atoms with E-state index < -0.39 is 6.04 Å². The summed E-state index contributed by atoms with van der Waals surface area (Å²) in [5.41, 5.74) is 1.62. The van der Waals surface area contributed by atoms with Gasteiger partial charge in [-0.2, -0.15) is 0 Å². The van der Waals surface area contributed by atoms with E-state index in [2.05, 4.69) is 20.3 Å². The van der Waals surface area contributed by atoms with Gasteiger partial charge in [0.15, 0.2) is 0 Å². The average molecular weight is 440 g/mol. The van der Waals surface area contributed by atoms with Crippen molar-refractivity contribution in [3.63, 3.8) is 0 Å². The molecule has 160 valence electrons. The third kappa shape index (κ3) is 4.35. The quantitative estimate of drug-likeness (QED) is 0.671. The number of rotatable bonds is 4. The zero-order valence-corrected chi connectivity index (χ0v) is 18.0. The molecule has 8 nitrogen and oxygen atoms in total. The predicted molar refractivity (Wildman–Crippen MR) is 116 cm³/mol. The van der Waals surface area contributed by atoms with Gasteiger partial charge >= 0.3 is 0 Å². The van der Waals surface area contributed by atoms with Gasteiger partial charge in [0.2, 0.25) is 0 Å². The maximum Gasteiger partial charge on any atom is 0.273 e. The zero-order valence-electron chi connectivity index (χ0n) is 17.3. The standard InChI is InChI=1S/C22H22ClN5O3/c1-13(26-21(29)19-14(2)24-6-7-25-19)17-12-15-4-3-5-16(23)18(15)20(27-17)22(30)28-8-10-31-11-9-28/h3-7,12-13H,8-11H2,1-2H3,(H,26,29)/t13-/m0/s1. The van der Waals surface area contributed by atoms with Crippen LogP contribution in [0, 0.1) is 6.92 Å². The lowest BCUT2D eigenvalue weighted by atomic mass is 10.0. The molecule has 0 spiro atoms. The van der Waals surface area contributed by atoms with E-state index in [0.717, 1.165) is 5.39 Å². The number of ether oxygens (including phenoxy) is 1. The number of carbonyl (C=O) groups excluding carboxylic acids is 2. The number of nitrogens with zero attached hydrogens (tertiary/aromatic N) is 4. The molecule has 0 bridgehead atoms. The number of fused-ring (bicyclic) bond motifs is 1. The molecule has 1 N–H and O–H groups in total. The molecular formula is C22H22ClN5O3. The number of benzene rings is 1. The molecular weight excluding hydrogens is 418 g/mol. The second-order valence-corrected chi connectivity index (χ2v) is 7.73. The van der Waals surface area contributed by atoms with Crippen molar-refractivity contribution in [2.24, 2.45) is 0 Å². The number of nitrogens with one attached hydrogen (secondary N) is 1. The summed E-state index contributed by atoms with van der Waals surface area (Å²) in [7, 11) is 0. The first-order chi connectivity index (χ1) is 15.0. The minimum absolute atomic E-state index is 0.202. The summed E-state index contributed by atoms with van der Waals surface area (Å²) in [5.74, 6) is -0.557. The van der Waals surface area contributed by atoms with Gasteiger partial charge in [-0.25, -0.2) is 9.97 Å². The second kappa shape index (κ2) is 8.95. The van der Waals surface area contributed by atoms with E-state index in [1.807, 2.05) is 25.1 Å². The number of carbonyl (C=O) groups is 2. The first kappa shape index (κ1) is 21.1. The molecule has 3 aromatic rings. The van der Waals surface area contributed by atoms with Gasteiger partial charge in [0, 0.05) is 30.9 Å². The van der Waals surface area contributed by atoms with Crippen molar-refractivity contribution in [1.29, 1.82) is 0 Å². The van der Waals surface area contributed by atoms with Crippen LogP contribution in [0.25, 0.3) is 10.8 Å². The topological polar surface area (TPSA) is 97.3 Å². The number of halogens is 1. The van der Waals surface area contributed by atoms with E-state index in [1.54, 1.807) is 17.9 Å². The van der Waals surface area contributed by atoms with Gasteiger partial charge in [0.05, 0.1) is 35.7 Å².